The molecule has 0 unspecified atom stereocenters. The van der Waals surface area contributed by atoms with E-state index in [1.807, 2.05) is 0 Å². The molecule has 0 radical (unpaired) electrons. The Kier molecular flexibility index (Phi) is 4.98. The van der Waals surface area contributed by atoms with Crippen molar-refractivity contribution in [3.05, 3.63) is 54.4 Å². The third-order valence-corrected chi connectivity index (χ3v) is 3.62. The lowest BCUT2D eigenvalue weighted by Gasteiger charge is -2.11. The van der Waals surface area contributed by atoms with E-state index in [0.717, 1.165) is 11.6 Å². The number of fused-ring (bicyclic) bond motifs is 1. The van der Waals surface area contributed by atoms with E-state index in [-0.39, 0.29) is 0 Å². The normalized spacial score (nSPS) is 10.8. The van der Waals surface area contributed by atoms with Gasteiger partial charge in [-0.05, 0) is 29.8 Å². The molecule has 3 aromatic rings. The molecule has 7 heteroatoms. The number of aromatic nitrogens is 2. The summed E-state index contributed by atoms with van der Waals surface area (Å²) in [6.45, 7) is 0. The quantitative estimate of drug-likeness (QED) is 0.679. The number of nitrogens with zero attached hydrogens (tertiary/aromatic N) is 2. The van der Waals surface area contributed by atoms with E-state index < -0.39 is 5.97 Å². The molecule has 1 heterocycles. The van der Waals surface area contributed by atoms with E-state index in [2.05, 4.69) is 9.97 Å². The summed E-state index contributed by atoms with van der Waals surface area (Å²) >= 11 is 0. The molecule has 7 nitrogen and oxygen atoms in total. The molecular formula is C19H16N2O5. The van der Waals surface area contributed by atoms with E-state index in [9.17, 15) is 4.79 Å². The monoisotopic (exact) mass is 352 g/mol. The third kappa shape index (κ3) is 3.72. The van der Waals surface area contributed by atoms with Gasteiger partial charge in [0.1, 0.15) is 12.1 Å². The van der Waals surface area contributed by atoms with Crippen LogP contribution in [0.3, 0.4) is 0 Å². The van der Waals surface area contributed by atoms with Gasteiger partial charge in [-0.15, -0.1) is 0 Å². The topological polar surface area (TPSA) is 90.8 Å². The third-order valence-electron chi connectivity index (χ3n) is 3.62. The molecule has 0 spiro atoms. The molecule has 0 aliphatic rings. The highest BCUT2D eigenvalue weighted by atomic mass is 16.5. The summed E-state index contributed by atoms with van der Waals surface area (Å²) < 4.78 is 16.5. The molecule has 0 atom stereocenters. The van der Waals surface area contributed by atoms with Gasteiger partial charge >= 0.3 is 5.97 Å². The minimum Gasteiger partial charge on any atom is -0.493 e. The van der Waals surface area contributed by atoms with Crippen LogP contribution in [-0.2, 0) is 4.79 Å². The Bertz CT molecular complexity index is 968. The zero-order chi connectivity index (χ0) is 18.5. The number of hydrogen-bond donors (Lipinski definition) is 1. The van der Waals surface area contributed by atoms with E-state index in [0.29, 0.717) is 34.0 Å². The predicted molar refractivity (Wildman–Crippen MR) is 95.8 cm³/mol. The molecule has 0 bridgehead atoms. The second-order valence-electron chi connectivity index (χ2n) is 5.25. The largest absolute Gasteiger partial charge is 0.493 e. The zero-order valence-electron chi connectivity index (χ0n) is 14.2. The molecule has 2 aromatic carbocycles. The number of benzene rings is 2. The standard InChI is InChI=1S/C19H16N2O5/c1-24-16-9-14-15(10-17(16)25-2)20-11-21-19(14)26-13-6-3-12(4-7-13)5-8-18(22)23/h3-11H,1-2H3,(H,22,23)/b8-5+. The van der Waals surface area contributed by atoms with Gasteiger partial charge in [-0.3, -0.25) is 0 Å². The fourth-order valence-corrected chi connectivity index (χ4v) is 2.37. The molecule has 0 fully saturated rings. The summed E-state index contributed by atoms with van der Waals surface area (Å²) in [5, 5.41) is 9.34. The molecule has 132 valence electrons. The highest BCUT2D eigenvalue weighted by molar-refractivity contribution is 5.87. The fourth-order valence-electron chi connectivity index (χ4n) is 2.37. The molecular weight excluding hydrogens is 336 g/mol. The minimum atomic E-state index is -0.998. The molecule has 0 amide bonds. The maximum Gasteiger partial charge on any atom is 0.328 e. The summed E-state index contributed by atoms with van der Waals surface area (Å²) in [5.74, 6) is 1.06. The first-order chi connectivity index (χ1) is 12.6. The Labute approximate surface area is 149 Å². The molecule has 26 heavy (non-hydrogen) atoms. The summed E-state index contributed by atoms with van der Waals surface area (Å²) in [7, 11) is 3.11. The average molecular weight is 352 g/mol. The Morgan fingerprint density at radius 3 is 2.38 bits per heavy atom. The van der Waals surface area contributed by atoms with Crippen LogP contribution in [0.2, 0.25) is 0 Å². The Hall–Kier alpha value is -3.61. The van der Waals surface area contributed by atoms with E-state index in [4.69, 9.17) is 19.3 Å². The van der Waals surface area contributed by atoms with E-state index in [1.165, 1.54) is 12.4 Å². The van der Waals surface area contributed by atoms with Gasteiger partial charge in [-0.1, -0.05) is 12.1 Å². The Balaban J connectivity index is 1.92. The van der Waals surface area contributed by atoms with Crippen molar-refractivity contribution in [2.24, 2.45) is 0 Å². The fraction of sp³-hybridized carbons (Fsp3) is 0.105. The van der Waals surface area contributed by atoms with Gasteiger partial charge in [0, 0.05) is 12.1 Å². The van der Waals surface area contributed by atoms with Gasteiger partial charge in [0.05, 0.1) is 25.1 Å². The summed E-state index contributed by atoms with van der Waals surface area (Å²) in [4.78, 5) is 19.0. The van der Waals surface area contributed by atoms with Crippen molar-refractivity contribution in [3.63, 3.8) is 0 Å². The number of carboxylic acids is 1. The van der Waals surface area contributed by atoms with Crippen molar-refractivity contribution in [2.75, 3.05) is 14.2 Å². The number of carboxylic acid groups (broad SMARTS) is 1. The van der Waals surface area contributed by atoms with Crippen LogP contribution < -0.4 is 14.2 Å². The second-order valence-corrected chi connectivity index (χ2v) is 5.25. The van der Waals surface area contributed by atoms with Gasteiger partial charge in [-0.2, -0.15) is 0 Å². The molecule has 3 rings (SSSR count). The van der Waals surface area contributed by atoms with Crippen LogP contribution in [0.1, 0.15) is 5.56 Å². The zero-order valence-corrected chi connectivity index (χ0v) is 14.2. The first-order valence-corrected chi connectivity index (χ1v) is 7.66. The molecule has 0 saturated carbocycles. The smallest absolute Gasteiger partial charge is 0.328 e. The molecule has 0 aliphatic heterocycles. The van der Waals surface area contributed by atoms with Crippen molar-refractivity contribution in [3.8, 4) is 23.1 Å². The van der Waals surface area contributed by atoms with Gasteiger partial charge in [0.25, 0.3) is 0 Å². The molecule has 1 aromatic heterocycles. The van der Waals surface area contributed by atoms with Gasteiger partial charge < -0.3 is 19.3 Å². The van der Waals surface area contributed by atoms with E-state index in [1.54, 1.807) is 50.6 Å². The highest BCUT2D eigenvalue weighted by Gasteiger charge is 2.12. The molecule has 0 aliphatic carbocycles. The second kappa shape index (κ2) is 7.52. The first-order valence-electron chi connectivity index (χ1n) is 7.66. The van der Waals surface area contributed by atoms with Crippen LogP contribution >= 0.6 is 0 Å². The number of carbonyl (C=O) groups is 1. The van der Waals surface area contributed by atoms with E-state index >= 15 is 0 Å². The number of ether oxygens (including phenoxy) is 3. The predicted octanol–water partition coefficient (Wildman–Crippen LogP) is 3.54. The summed E-state index contributed by atoms with van der Waals surface area (Å²) in [5.41, 5.74) is 1.41. The lowest BCUT2D eigenvalue weighted by atomic mass is 10.2. The van der Waals surface area contributed by atoms with Gasteiger partial charge in [0.15, 0.2) is 11.5 Å². The van der Waals surface area contributed by atoms with Crippen LogP contribution in [0, 0.1) is 0 Å². The van der Waals surface area contributed by atoms with Crippen molar-refractivity contribution >= 4 is 22.9 Å². The van der Waals surface area contributed by atoms with Crippen LogP contribution in [0.5, 0.6) is 23.1 Å². The SMILES string of the molecule is COc1cc2ncnc(Oc3ccc(/C=C/C(=O)O)cc3)c2cc1OC. The number of hydrogen-bond acceptors (Lipinski definition) is 6. The number of aliphatic carboxylic acids is 1. The van der Waals surface area contributed by atoms with Crippen molar-refractivity contribution in [2.45, 2.75) is 0 Å². The first kappa shape index (κ1) is 17.2. The van der Waals surface area contributed by atoms with Crippen molar-refractivity contribution in [1.82, 2.24) is 9.97 Å². The summed E-state index contributed by atoms with van der Waals surface area (Å²) in [6.07, 6.45) is 3.99. The molecule has 0 saturated heterocycles. The van der Waals surface area contributed by atoms with Crippen LogP contribution in [-0.4, -0.2) is 35.3 Å². The lowest BCUT2D eigenvalue weighted by molar-refractivity contribution is -0.131. The Morgan fingerprint density at radius 2 is 1.73 bits per heavy atom. The maximum atomic E-state index is 10.6. The van der Waals surface area contributed by atoms with Crippen molar-refractivity contribution < 1.29 is 24.1 Å². The van der Waals surface area contributed by atoms with Gasteiger partial charge in [-0.25, -0.2) is 14.8 Å². The molecule has 1 N–H and O–H groups in total. The number of rotatable bonds is 6. The minimum absolute atomic E-state index is 0.379. The number of methoxy groups -OCH3 is 2. The average Bonchev–Trinajstić information content (AvgIpc) is 2.66. The lowest BCUT2D eigenvalue weighted by Crippen LogP contribution is -1.95. The van der Waals surface area contributed by atoms with Crippen LogP contribution in [0.15, 0.2) is 48.8 Å². The van der Waals surface area contributed by atoms with Gasteiger partial charge in [0.2, 0.25) is 5.88 Å². The highest BCUT2D eigenvalue weighted by Crippen LogP contribution is 2.35. The Morgan fingerprint density at radius 1 is 1.04 bits per heavy atom. The summed E-state index contributed by atoms with van der Waals surface area (Å²) in [6, 6.07) is 10.5. The maximum absolute atomic E-state index is 10.6. The van der Waals surface area contributed by atoms with Crippen LogP contribution in [0.25, 0.3) is 17.0 Å². The van der Waals surface area contributed by atoms with Crippen molar-refractivity contribution in [1.29, 1.82) is 0 Å². The van der Waals surface area contributed by atoms with Crippen LogP contribution in [0.4, 0.5) is 0 Å².